The van der Waals surface area contributed by atoms with Gasteiger partial charge in [0.1, 0.15) is 0 Å². The number of para-hydroxylation sites is 1. The Bertz CT molecular complexity index is 888. The second-order valence-corrected chi connectivity index (χ2v) is 7.17. The van der Waals surface area contributed by atoms with E-state index >= 15 is 0 Å². The maximum absolute atomic E-state index is 12.8. The second-order valence-electron chi connectivity index (χ2n) is 6.25. The Morgan fingerprint density at radius 1 is 0.920 bits per heavy atom. The molecule has 0 aromatic heterocycles. The molecule has 0 heterocycles. The molecule has 0 atom stereocenters. The van der Waals surface area contributed by atoms with E-state index in [1.165, 1.54) is 0 Å². The van der Waals surface area contributed by atoms with Gasteiger partial charge in [0.05, 0.1) is 5.69 Å². The van der Waals surface area contributed by atoms with Gasteiger partial charge in [-0.3, -0.25) is 4.79 Å². The molecule has 0 spiro atoms. The Morgan fingerprint density at radius 2 is 1.64 bits per heavy atom. The summed E-state index contributed by atoms with van der Waals surface area (Å²) >= 11 is 3.42. The van der Waals surface area contributed by atoms with Gasteiger partial charge in [-0.15, -0.1) is 0 Å². The number of hydrogen-bond acceptors (Lipinski definition) is 1. The van der Waals surface area contributed by atoms with Crippen molar-refractivity contribution < 1.29 is 4.79 Å². The van der Waals surface area contributed by atoms with Crippen LogP contribution in [0.2, 0.25) is 0 Å². The highest BCUT2D eigenvalue weighted by Gasteiger charge is 2.16. The fourth-order valence-electron chi connectivity index (χ4n) is 2.86. The van der Waals surface area contributed by atoms with E-state index in [1.807, 2.05) is 48.5 Å². The number of rotatable bonds is 4. The average molecular weight is 394 g/mol. The molecule has 0 aliphatic carbocycles. The molecule has 25 heavy (non-hydrogen) atoms. The normalized spacial score (nSPS) is 10.7. The highest BCUT2D eigenvalue weighted by atomic mass is 79.9. The van der Waals surface area contributed by atoms with Crippen LogP contribution in [0.3, 0.4) is 0 Å². The topological polar surface area (TPSA) is 29.1 Å². The molecule has 0 aliphatic rings. The number of halogens is 1. The lowest BCUT2D eigenvalue weighted by molar-refractivity contribution is 0.102. The quantitative estimate of drug-likeness (QED) is 0.538. The zero-order valence-electron chi connectivity index (χ0n) is 14.3. The van der Waals surface area contributed by atoms with E-state index < -0.39 is 0 Å². The summed E-state index contributed by atoms with van der Waals surface area (Å²) in [6.07, 6.45) is 0. The second kappa shape index (κ2) is 7.66. The van der Waals surface area contributed by atoms with Crippen LogP contribution < -0.4 is 5.32 Å². The molecular formula is C22H20BrNO. The number of carbonyl (C=O) groups is 1. The summed E-state index contributed by atoms with van der Waals surface area (Å²) in [5.41, 5.74) is 4.77. The highest BCUT2D eigenvalue weighted by molar-refractivity contribution is 9.10. The van der Waals surface area contributed by atoms with Gasteiger partial charge in [0, 0.05) is 15.6 Å². The molecule has 0 saturated carbocycles. The molecule has 0 radical (unpaired) electrons. The van der Waals surface area contributed by atoms with Crippen LogP contribution in [0.4, 0.5) is 5.69 Å². The monoisotopic (exact) mass is 393 g/mol. The first-order valence-corrected chi connectivity index (χ1v) is 9.11. The number of amides is 1. The summed E-state index contributed by atoms with van der Waals surface area (Å²) in [4.78, 5) is 12.8. The molecular weight excluding hydrogens is 374 g/mol. The molecule has 2 nitrogen and oxygen atoms in total. The molecule has 0 saturated heterocycles. The van der Waals surface area contributed by atoms with Crippen molar-refractivity contribution in [1.82, 2.24) is 0 Å². The Hall–Kier alpha value is -2.39. The van der Waals surface area contributed by atoms with E-state index in [9.17, 15) is 4.79 Å². The maximum atomic E-state index is 12.8. The predicted octanol–water partition coefficient (Wildman–Crippen LogP) is 6.49. The molecule has 3 heteroatoms. The lowest BCUT2D eigenvalue weighted by atomic mass is 9.94. The van der Waals surface area contributed by atoms with Crippen molar-refractivity contribution in [2.45, 2.75) is 19.8 Å². The molecule has 0 aliphatic heterocycles. The summed E-state index contributed by atoms with van der Waals surface area (Å²) < 4.78 is 0.889. The minimum absolute atomic E-state index is 0.105. The molecule has 3 rings (SSSR count). The number of nitrogens with one attached hydrogen (secondary N) is 1. The summed E-state index contributed by atoms with van der Waals surface area (Å²) in [5, 5.41) is 3.14. The number of benzene rings is 3. The van der Waals surface area contributed by atoms with E-state index in [1.54, 1.807) is 0 Å². The van der Waals surface area contributed by atoms with Crippen LogP contribution in [0, 0.1) is 0 Å². The zero-order chi connectivity index (χ0) is 17.8. The van der Waals surface area contributed by atoms with Crippen LogP contribution in [0.5, 0.6) is 0 Å². The van der Waals surface area contributed by atoms with Crippen molar-refractivity contribution in [1.29, 1.82) is 0 Å². The van der Waals surface area contributed by atoms with Gasteiger partial charge < -0.3 is 5.32 Å². The maximum Gasteiger partial charge on any atom is 0.255 e. The highest BCUT2D eigenvalue weighted by Crippen LogP contribution is 2.35. The van der Waals surface area contributed by atoms with E-state index in [0.29, 0.717) is 11.5 Å². The minimum atomic E-state index is -0.105. The number of anilines is 1. The van der Waals surface area contributed by atoms with Gasteiger partial charge in [0.2, 0.25) is 0 Å². The lowest BCUT2D eigenvalue weighted by Gasteiger charge is -2.18. The standard InChI is InChI=1S/C22H20BrNO/c1-15(2)19-12-7-13-20(16-8-4-3-5-9-16)21(19)24-22(25)17-10-6-11-18(23)14-17/h3-15H,1-2H3,(H,24,25). The molecule has 0 bridgehead atoms. The third-order valence-corrected chi connectivity index (χ3v) is 4.62. The molecule has 0 unspecified atom stereocenters. The van der Waals surface area contributed by atoms with E-state index in [2.05, 4.69) is 59.4 Å². The summed E-state index contributed by atoms with van der Waals surface area (Å²) in [7, 11) is 0. The third kappa shape index (κ3) is 3.99. The Kier molecular flexibility index (Phi) is 5.34. The lowest BCUT2D eigenvalue weighted by Crippen LogP contribution is -2.14. The van der Waals surface area contributed by atoms with Crippen LogP contribution in [0.1, 0.15) is 35.7 Å². The first-order chi connectivity index (χ1) is 12.1. The van der Waals surface area contributed by atoms with Gasteiger partial charge in [0.25, 0.3) is 5.91 Å². The molecule has 3 aromatic carbocycles. The fraction of sp³-hybridized carbons (Fsp3) is 0.136. The number of carbonyl (C=O) groups excluding carboxylic acids is 1. The SMILES string of the molecule is CC(C)c1cccc(-c2ccccc2)c1NC(=O)c1cccc(Br)c1. The molecule has 0 fully saturated rings. The largest absolute Gasteiger partial charge is 0.321 e. The summed E-state index contributed by atoms with van der Waals surface area (Å²) in [6.45, 7) is 4.28. The molecule has 3 aromatic rings. The van der Waals surface area contributed by atoms with Gasteiger partial charge in [-0.25, -0.2) is 0 Å². The molecule has 1 amide bonds. The van der Waals surface area contributed by atoms with Crippen LogP contribution >= 0.6 is 15.9 Å². The minimum Gasteiger partial charge on any atom is -0.321 e. The van der Waals surface area contributed by atoms with Crippen molar-refractivity contribution in [2.24, 2.45) is 0 Å². The van der Waals surface area contributed by atoms with Crippen molar-refractivity contribution in [3.05, 3.63) is 88.4 Å². The first kappa shape index (κ1) is 17.4. The van der Waals surface area contributed by atoms with Gasteiger partial charge in [-0.1, -0.05) is 84.4 Å². The van der Waals surface area contributed by atoms with Gasteiger partial charge in [-0.05, 0) is 35.2 Å². The molecule has 126 valence electrons. The van der Waals surface area contributed by atoms with Crippen molar-refractivity contribution in [2.75, 3.05) is 5.32 Å². The van der Waals surface area contributed by atoms with Crippen LogP contribution in [0.15, 0.2) is 77.3 Å². The summed E-state index contributed by atoms with van der Waals surface area (Å²) in [6, 6.07) is 23.7. The van der Waals surface area contributed by atoms with Gasteiger partial charge >= 0.3 is 0 Å². The predicted molar refractivity (Wildman–Crippen MR) is 108 cm³/mol. The van der Waals surface area contributed by atoms with E-state index in [0.717, 1.165) is 26.9 Å². The van der Waals surface area contributed by atoms with Gasteiger partial charge in [0.15, 0.2) is 0 Å². The Labute approximate surface area is 157 Å². The van der Waals surface area contributed by atoms with Crippen molar-refractivity contribution in [3.8, 4) is 11.1 Å². The fourth-order valence-corrected chi connectivity index (χ4v) is 3.26. The molecule has 1 N–H and O–H groups in total. The Morgan fingerprint density at radius 3 is 2.32 bits per heavy atom. The smallest absolute Gasteiger partial charge is 0.255 e. The average Bonchev–Trinajstić information content (AvgIpc) is 2.62. The van der Waals surface area contributed by atoms with Crippen LogP contribution in [-0.4, -0.2) is 5.91 Å². The van der Waals surface area contributed by atoms with Crippen LogP contribution in [0.25, 0.3) is 11.1 Å². The third-order valence-electron chi connectivity index (χ3n) is 4.13. The van der Waals surface area contributed by atoms with Crippen LogP contribution in [-0.2, 0) is 0 Å². The van der Waals surface area contributed by atoms with E-state index in [4.69, 9.17) is 0 Å². The Balaban J connectivity index is 2.06. The first-order valence-electron chi connectivity index (χ1n) is 8.31. The van der Waals surface area contributed by atoms with Crippen molar-refractivity contribution in [3.63, 3.8) is 0 Å². The van der Waals surface area contributed by atoms with Gasteiger partial charge in [-0.2, -0.15) is 0 Å². The zero-order valence-corrected chi connectivity index (χ0v) is 15.9. The van der Waals surface area contributed by atoms with E-state index in [-0.39, 0.29) is 5.91 Å². The summed E-state index contributed by atoms with van der Waals surface area (Å²) in [5.74, 6) is 0.202. The van der Waals surface area contributed by atoms with Crippen molar-refractivity contribution >= 4 is 27.5 Å². The number of hydrogen-bond donors (Lipinski definition) is 1.